The van der Waals surface area contributed by atoms with Crippen molar-refractivity contribution >= 4 is 21.6 Å². The molecule has 1 atom stereocenters. The van der Waals surface area contributed by atoms with Gasteiger partial charge < -0.3 is 5.11 Å². The Hall–Kier alpha value is -1.71. The van der Waals surface area contributed by atoms with Crippen molar-refractivity contribution in [2.45, 2.75) is 19.3 Å². The van der Waals surface area contributed by atoms with Crippen molar-refractivity contribution in [3.05, 3.63) is 64.7 Å². The molecule has 0 fully saturated rings. The predicted octanol–water partition coefficient (Wildman–Crippen LogP) is 3.92. The molecule has 0 saturated carbocycles. The molecule has 0 aliphatic heterocycles. The SMILES string of the molecule is Cc1cccc(C(CO)Cc2nc3ccccc3s2)c1. The van der Waals surface area contributed by atoms with Gasteiger partial charge in [-0.15, -0.1) is 11.3 Å². The fourth-order valence-electron chi connectivity index (χ4n) is 2.43. The summed E-state index contributed by atoms with van der Waals surface area (Å²) in [6, 6.07) is 16.5. The first-order chi connectivity index (χ1) is 9.76. The molecule has 20 heavy (non-hydrogen) atoms. The number of aryl methyl sites for hydroxylation is 1. The summed E-state index contributed by atoms with van der Waals surface area (Å²) in [5, 5.41) is 10.8. The summed E-state index contributed by atoms with van der Waals surface area (Å²) in [6.45, 7) is 2.23. The number of aromatic nitrogens is 1. The molecular weight excluding hydrogens is 266 g/mol. The highest BCUT2D eigenvalue weighted by Crippen LogP contribution is 2.27. The average molecular weight is 283 g/mol. The Bertz CT molecular complexity index is 687. The van der Waals surface area contributed by atoms with E-state index in [1.54, 1.807) is 11.3 Å². The van der Waals surface area contributed by atoms with Gasteiger partial charge in [0, 0.05) is 12.3 Å². The zero-order valence-corrected chi connectivity index (χ0v) is 12.2. The second-order valence-corrected chi connectivity index (χ2v) is 6.19. The van der Waals surface area contributed by atoms with Gasteiger partial charge in [-0.1, -0.05) is 42.0 Å². The van der Waals surface area contributed by atoms with E-state index in [0.717, 1.165) is 16.9 Å². The van der Waals surface area contributed by atoms with E-state index in [1.165, 1.54) is 15.8 Å². The lowest BCUT2D eigenvalue weighted by Gasteiger charge is -2.13. The Morgan fingerprint density at radius 2 is 2.00 bits per heavy atom. The first-order valence-corrected chi connectivity index (χ1v) is 7.60. The van der Waals surface area contributed by atoms with Crippen molar-refractivity contribution < 1.29 is 5.11 Å². The van der Waals surface area contributed by atoms with E-state index in [2.05, 4.69) is 36.2 Å². The smallest absolute Gasteiger partial charge is 0.0945 e. The summed E-state index contributed by atoms with van der Waals surface area (Å²) in [4.78, 5) is 4.66. The number of hydrogen-bond donors (Lipinski definition) is 1. The summed E-state index contributed by atoms with van der Waals surface area (Å²) in [6.07, 6.45) is 0.791. The van der Waals surface area contributed by atoms with Gasteiger partial charge in [-0.05, 0) is 24.6 Å². The monoisotopic (exact) mass is 283 g/mol. The van der Waals surface area contributed by atoms with E-state index >= 15 is 0 Å². The maximum atomic E-state index is 9.68. The van der Waals surface area contributed by atoms with Gasteiger partial charge in [-0.3, -0.25) is 0 Å². The maximum absolute atomic E-state index is 9.68. The lowest BCUT2D eigenvalue weighted by molar-refractivity contribution is 0.264. The zero-order chi connectivity index (χ0) is 13.9. The molecule has 3 rings (SSSR count). The number of hydrogen-bond acceptors (Lipinski definition) is 3. The van der Waals surface area contributed by atoms with E-state index in [1.807, 2.05) is 24.3 Å². The van der Waals surface area contributed by atoms with E-state index in [9.17, 15) is 5.11 Å². The van der Waals surface area contributed by atoms with Crippen LogP contribution in [0.2, 0.25) is 0 Å². The van der Waals surface area contributed by atoms with Crippen LogP contribution in [0.1, 0.15) is 22.1 Å². The van der Waals surface area contributed by atoms with Crippen LogP contribution in [0.25, 0.3) is 10.2 Å². The molecule has 0 amide bonds. The van der Waals surface area contributed by atoms with Crippen LogP contribution in [-0.4, -0.2) is 16.7 Å². The summed E-state index contributed by atoms with van der Waals surface area (Å²) < 4.78 is 1.21. The molecular formula is C17H17NOS. The molecule has 1 heterocycles. The Kier molecular flexibility index (Phi) is 3.81. The van der Waals surface area contributed by atoms with E-state index in [-0.39, 0.29) is 12.5 Å². The van der Waals surface area contributed by atoms with Crippen molar-refractivity contribution in [2.75, 3.05) is 6.61 Å². The lowest BCUT2D eigenvalue weighted by Crippen LogP contribution is -2.07. The number of aliphatic hydroxyl groups excluding tert-OH is 1. The number of fused-ring (bicyclic) bond motifs is 1. The van der Waals surface area contributed by atoms with Crippen molar-refractivity contribution in [1.82, 2.24) is 4.98 Å². The molecule has 1 N–H and O–H groups in total. The van der Waals surface area contributed by atoms with Crippen LogP contribution in [0, 0.1) is 6.92 Å². The highest BCUT2D eigenvalue weighted by atomic mass is 32.1. The van der Waals surface area contributed by atoms with Crippen LogP contribution >= 0.6 is 11.3 Å². The quantitative estimate of drug-likeness (QED) is 0.787. The number of thiazole rings is 1. The van der Waals surface area contributed by atoms with Gasteiger partial charge in [0.05, 0.1) is 21.8 Å². The molecule has 1 unspecified atom stereocenters. The third-order valence-electron chi connectivity index (χ3n) is 3.49. The van der Waals surface area contributed by atoms with Gasteiger partial charge in [-0.2, -0.15) is 0 Å². The first-order valence-electron chi connectivity index (χ1n) is 6.78. The lowest BCUT2D eigenvalue weighted by atomic mass is 9.95. The predicted molar refractivity (Wildman–Crippen MR) is 84.3 cm³/mol. The Balaban J connectivity index is 1.87. The molecule has 0 saturated heterocycles. The molecule has 1 aromatic heterocycles. The van der Waals surface area contributed by atoms with Crippen molar-refractivity contribution in [1.29, 1.82) is 0 Å². The first kappa shape index (κ1) is 13.3. The van der Waals surface area contributed by atoms with Crippen molar-refractivity contribution in [2.24, 2.45) is 0 Å². The number of aliphatic hydroxyl groups is 1. The Morgan fingerprint density at radius 1 is 1.15 bits per heavy atom. The Labute approximate surface area is 122 Å². The molecule has 0 aliphatic rings. The van der Waals surface area contributed by atoms with Gasteiger partial charge in [0.1, 0.15) is 0 Å². The number of benzene rings is 2. The summed E-state index contributed by atoms with van der Waals surface area (Å²) in [7, 11) is 0. The molecule has 2 nitrogen and oxygen atoms in total. The molecule has 0 spiro atoms. The van der Waals surface area contributed by atoms with Crippen LogP contribution in [-0.2, 0) is 6.42 Å². The third-order valence-corrected chi connectivity index (χ3v) is 4.55. The highest BCUT2D eigenvalue weighted by molar-refractivity contribution is 7.18. The fourth-order valence-corrected chi connectivity index (χ4v) is 3.48. The van der Waals surface area contributed by atoms with Gasteiger partial charge in [0.15, 0.2) is 0 Å². The largest absolute Gasteiger partial charge is 0.396 e. The number of para-hydroxylation sites is 1. The van der Waals surface area contributed by atoms with Crippen LogP contribution in [0.15, 0.2) is 48.5 Å². The van der Waals surface area contributed by atoms with Crippen LogP contribution in [0.3, 0.4) is 0 Å². The van der Waals surface area contributed by atoms with Crippen LogP contribution in [0.4, 0.5) is 0 Å². The third kappa shape index (κ3) is 2.74. The fraction of sp³-hybridized carbons (Fsp3) is 0.235. The van der Waals surface area contributed by atoms with Crippen LogP contribution in [0.5, 0.6) is 0 Å². The minimum absolute atomic E-state index is 0.121. The second-order valence-electron chi connectivity index (χ2n) is 5.07. The average Bonchev–Trinajstić information content (AvgIpc) is 2.87. The summed E-state index contributed by atoms with van der Waals surface area (Å²) in [5.41, 5.74) is 3.46. The van der Waals surface area contributed by atoms with Crippen molar-refractivity contribution in [3.63, 3.8) is 0 Å². The topological polar surface area (TPSA) is 33.1 Å². The van der Waals surface area contributed by atoms with E-state index in [0.29, 0.717) is 0 Å². The molecule has 3 heteroatoms. The number of nitrogens with zero attached hydrogens (tertiary/aromatic N) is 1. The van der Waals surface area contributed by atoms with Gasteiger partial charge in [-0.25, -0.2) is 4.98 Å². The summed E-state index contributed by atoms with van der Waals surface area (Å²) in [5.74, 6) is 0.121. The molecule has 3 aromatic rings. The van der Waals surface area contributed by atoms with Gasteiger partial charge in [0.2, 0.25) is 0 Å². The molecule has 0 aliphatic carbocycles. The zero-order valence-electron chi connectivity index (χ0n) is 11.4. The standard InChI is InChI=1S/C17H17NOS/c1-12-5-4-6-13(9-12)14(11-19)10-17-18-15-7-2-3-8-16(15)20-17/h2-9,14,19H,10-11H2,1H3. The minimum Gasteiger partial charge on any atom is -0.396 e. The second kappa shape index (κ2) is 5.73. The molecule has 2 aromatic carbocycles. The van der Waals surface area contributed by atoms with Gasteiger partial charge >= 0.3 is 0 Å². The van der Waals surface area contributed by atoms with Crippen LogP contribution < -0.4 is 0 Å². The Morgan fingerprint density at radius 3 is 2.75 bits per heavy atom. The van der Waals surface area contributed by atoms with Crippen molar-refractivity contribution in [3.8, 4) is 0 Å². The normalized spacial score (nSPS) is 12.7. The minimum atomic E-state index is 0.121. The maximum Gasteiger partial charge on any atom is 0.0945 e. The summed E-state index contributed by atoms with van der Waals surface area (Å²) >= 11 is 1.72. The van der Waals surface area contributed by atoms with Gasteiger partial charge in [0.25, 0.3) is 0 Å². The molecule has 0 bridgehead atoms. The highest BCUT2D eigenvalue weighted by Gasteiger charge is 2.14. The van der Waals surface area contributed by atoms with E-state index < -0.39 is 0 Å². The molecule has 0 radical (unpaired) electrons. The molecule has 102 valence electrons. The number of rotatable bonds is 4. The van der Waals surface area contributed by atoms with E-state index in [4.69, 9.17) is 0 Å².